The van der Waals surface area contributed by atoms with E-state index >= 15 is 0 Å². The maximum atomic E-state index is 13.1. The first-order valence-electron chi connectivity index (χ1n) is 9.67. The predicted octanol–water partition coefficient (Wildman–Crippen LogP) is 4.38. The molecule has 0 aliphatic rings. The van der Waals surface area contributed by atoms with Crippen molar-refractivity contribution < 1.29 is 9.36 Å². The highest BCUT2D eigenvalue weighted by Gasteiger charge is 2.25. The number of rotatable bonds is 6. The summed E-state index contributed by atoms with van der Waals surface area (Å²) in [4.78, 5) is 16.5. The van der Waals surface area contributed by atoms with Crippen molar-refractivity contribution in [3.8, 4) is 0 Å². The van der Waals surface area contributed by atoms with Crippen molar-refractivity contribution in [3.63, 3.8) is 0 Å². The molecule has 3 aromatic carbocycles. The van der Waals surface area contributed by atoms with E-state index in [4.69, 9.17) is 0 Å². The van der Waals surface area contributed by atoms with E-state index < -0.39 is 0 Å². The first-order valence-corrected chi connectivity index (χ1v) is 10.5. The molecule has 5 heteroatoms. The van der Waals surface area contributed by atoms with Crippen molar-refractivity contribution in [2.24, 2.45) is 7.05 Å². The number of hydrogen-bond donors (Lipinski definition) is 2. The van der Waals surface area contributed by atoms with Crippen molar-refractivity contribution in [2.75, 3.05) is 0 Å². The number of H-pyrrole nitrogens is 1. The van der Waals surface area contributed by atoms with Crippen molar-refractivity contribution in [1.82, 2.24) is 10.3 Å². The Balaban J connectivity index is 1.54. The minimum Gasteiger partial charge on any atom is -0.344 e. The molecular weight excluding hydrogens is 378 g/mol. The molecule has 0 saturated heterocycles. The van der Waals surface area contributed by atoms with Crippen molar-refractivity contribution >= 4 is 28.7 Å². The lowest BCUT2D eigenvalue weighted by Gasteiger charge is -2.21. The summed E-state index contributed by atoms with van der Waals surface area (Å²) in [5.74, 6) is 0.00589. The Labute approximate surface area is 175 Å². The Morgan fingerprint density at radius 2 is 1.45 bits per heavy atom. The minimum atomic E-state index is -0.246. The molecule has 146 valence electrons. The van der Waals surface area contributed by atoms with Gasteiger partial charge in [-0.05, 0) is 41.9 Å². The fourth-order valence-electron chi connectivity index (χ4n) is 3.42. The number of thioether (sulfide) groups is 1. The van der Waals surface area contributed by atoms with Crippen molar-refractivity contribution in [2.45, 2.75) is 23.4 Å². The van der Waals surface area contributed by atoms with Crippen LogP contribution in [0.2, 0.25) is 0 Å². The molecule has 0 bridgehead atoms. The molecule has 0 aliphatic heterocycles. The summed E-state index contributed by atoms with van der Waals surface area (Å²) in [6.45, 7) is 1.94. The number of nitrogens with one attached hydrogen (secondary N) is 2. The molecular formula is C24H24N3OS+. The Kier molecular flexibility index (Phi) is 5.67. The van der Waals surface area contributed by atoms with Gasteiger partial charge in [-0.3, -0.25) is 4.79 Å². The average Bonchev–Trinajstić information content (AvgIpc) is 3.08. The summed E-state index contributed by atoms with van der Waals surface area (Å²) in [7, 11) is 2.02. The van der Waals surface area contributed by atoms with Gasteiger partial charge < -0.3 is 5.32 Å². The van der Waals surface area contributed by atoms with Gasteiger partial charge in [-0.25, -0.2) is 9.55 Å². The highest BCUT2D eigenvalue weighted by Crippen LogP contribution is 2.25. The van der Waals surface area contributed by atoms with Crippen LogP contribution in [0.15, 0.2) is 90.1 Å². The van der Waals surface area contributed by atoms with Crippen LogP contribution in [0.4, 0.5) is 0 Å². The maximum absolute atomic E-state index is 13.1. The molecule has 4 aromatic rings. The van der Waals surface area contributed by atoms with Crippen LogP contribution in [0.5, 0.6) is 0 Å². The van der Waals surface area contributed by atoms with Crippen LogP contribution >= 0.6 is 11.8 Å². The van der Waals surface area contributed by atoms with Gasteiger partial charge in [0, 0.05) is 0 Å². The number of hydrogen-bond acceptors (Lipinski definition) is 2. The lowest BCUT2D eigenvalue weighted by Crippen LogP contribution is -2.36. The zero-order valence-electron chi connectivity index (χ0n) is 16.5. The lowest BCUT2D eigenvalue weighted by atomic mass is 9.98. The first kappa shape index (κ1) is 19.3. The number of carbonyl (C=O) groups is 1. The van der Waals surface area contributed by atoms with E-state index in [2.05, 4.69) is 20.9 Å². The van der Waals surface area contributed by atoms with E-state index in [9.17, 15) is 4.79 Å². The molecule has 0 radical (unpaired) electrons. The van der Waals surface area contributed by atoms with Crippen LogP contribution in [0.3, 0.4) is 0 Å². The van der Waals surface area contributed by atoms with Gasteiger partial charge in [-0.15, -0.1) is 0 Å². The zero-order valence-corrected chi connectivity index (χ0v) is 17.3. The summed E-state index contributed by atoms with van der Waals surface area (Å²) in [6, 6.07) is 28.1. The lowest BCUT2D eigenvalue weighted by molar-refractivity contribution is -0.683. The van der Waals surface area contributed by atoms with E-state index in [1.54, 1.807) is 0 Å². The third kappa shape index (κ3) is 4.20. The van der Waals surface area contributed by atoms with Crippen LogP contribution in [-0.2, 0) is 11.8 Å². The SMILES string of the molecule is CC(Sc1[nH]c2ccccc2[n+]1C)C(=O)NC(c1ccccc1)c1ccccc1. The maximum Gasteiger partial charge on any atom is 0.317 e. The van der Waals surface area contributed by atoms with Crippen LogP contribution in [-0.4, -0.2) is 16.1 Å². The second kappa shape index (κ2) is 8.53. The van der Waals surface area contributed by atoms with E-state index in [-0.39, 0.29) is 17.2 Å². The standard InChI is InChI=1S/C24H23N3OS/c1-17(29-24-25-20-15-9-10-16-21(20)27(24)2)23(28)26-22(18-11-5-3-6-12-18)19-13-7-4-8-14-19/h3-17,22H,1-2H3,(H,26,28)/p+1. The number of aromatic nitrogens is 2. The van der Waals surface area contributed by atoms with Gasteiger partial charge in [-0.2, -0.15) is 0 Å². The molecule has 1 aromatic heterocycles. The Morgan fingerprint density at radius 1 is 0.897 bits per heavy atom. The van der Waals surface area contributed by atoms with Gasteiger partial charge in [0.15, 0.2) is 11.0 Å². The molecule has 0 fully saturated rings. The monoisotopic (exact) mass is 402 g/mol. The molecule has 1 unspecified atom stereocenters. The van der Waals surface area contributed by atoms with Gasteiger partial charge >= 0.3 is 5.16 Å². The summed E-state index contributed by atoms with van der Waals surface area (Å²) in [5.41, 5.74) is 4.33. The van der Waals surface area contributed by atoms with Gasteiger partial charge in [0.2, 0.25) is 5.91 Å². The van der Waals surface area contributed by atoms with Crippen molar-refractivity contribution in [1.29, 1.82) is 0 Å². The zero-order chi connectivity index (χ0) is 20.2. The fourth-order valence-corrected chi connectivity index (χ4v) is 4.35. The third-order valence-corrected chi connectivity index (χ3v) is 6.19. The molecule has 4 nitrogen and oxygen atoms in total. The number of para-hydroxylation sites is 2. The third-order valence-electron chi connectivity index (χ3n) is 5.02. The molecule has 1 amide bonds. The smallest absolute Gasteiger partial charge is 0.317 e. The topological polar surface area (TPSA) is 48.8 Å². The molecule has 29 heavy (non-hydrogen) atoms. The minimum absolute atomic E-state index is 0.00589. The Hall–Kier alpha value is -3.05. The highest BCUT2D eigenvalue weighted by molar-refractivity contribution is 8.00. The molecule has 0 spiro atoms. The second-order valence-corrected chi connectivity index (χ2v) is 8.36. The number of amides is 1. The normalized spacial score (nSPS) is 12.2. The molecule has 2 N–H and O–H groups in total. The number of aryl methyl sites for hydroxylation is 1. The number of fused-ring (bicyclic) bond motifs is 1. The van der Waals surface area contributed by atoms with Gasteiger partial charge in [0.25, 0.3) is 0 Å². The van der Waals surface area contributed by atoms with E-state index in [1.165, 1.54) is 11.8 Å². The molecule has 0 saturated carbocycles. The van der Waals surface area contributed by atoms with Gasteiger partial charge in [0.05, 0.1) is 18.3 Å². The predicted molar refractivity (Wildman–Crippen MR) is 118 cm³/mol. The summed E-state index contributed by atoms with van der Waals surface area (Å²) in [5, 5.41) is 3.96. The number of imidazole rings is 1. The van der Waals surface area contributed by atoms with Gasteiger partial charge in [0.1, 0.15) is 0 Å². The summed E-state index contributed by atoms with van der Waals surface area (Å²) < 4.78 is 2.09. The van der Waals surface area contributed by atoms with Crippen LogP contribution in [0.25, 0.3) is 11.0 Å². The number of nitrogens with zero attached hydrogens (tertiary/aromatic N) is 1. The highest BCUT2D eigenvalue weighted by atomic mass is 32.2. The van der Waals surface area contributed by atoms with E-state index in [0.29, 0.717) is 0 Å². The number of benzene rings is 3. The quantitative estimate of drug-likeness (QED) is 0.371. The fraction of sp³-hybridized carbons (Fsp3) is 0.167. The molecule has 0 aliphatic carbocycles. The summed E-state index contributed by atoms with van der Waals surface area (Å²) in [6.07, 6.45) is 0. The largest absolute Gasteiger partial charge is 0.344 e. The van der Waals surface area contributed by atoms with Crippen LogP contribution in [0.1, 0.15) is 24.1 Å². The molecule has 1 heterocycles. The molecule has 1 atom stereocenters. The van der Waals surface area contributed by atoms with Gasteiger partial charge in [-0.1, -0.05) is 72.8 Å². The van der Waals surface area contributed by atoms with E-state index in [0.717, 1.165) is 27.3 Å². The Bertz CT molecular complexity index is 1070. The number of carbonyl (C=O) groups excluding carboxylic acids is 1. The average molecular weight is 403 g/mol. The van der Waals surface area contributed by atoms with E-state index in [1.807, 2.05) is 92.8 Å². The second-order valence-electron chi connectivity index (χ2n) is 7.03. The Morgan fingerprint density at radius 3 is 2.03 bits per heavy atom. The van der Waals surface area contributed by atoms with Crippen LogP contribution < -0.4 is 9.88 Å². The first-order chi connectivity index (χ1) is 14.1. The van der Waals surface area contributed by atoms with Crippen molar-refractivity contribution in [3.05, 3.63) is 96.1 Å². The molecule has 4 rings (SSSR count). The number of aromatic amines is 1. The van der Waals surface area contributed by atoms with Crippen LogP contribution in [0, 0.1) is 0 Å². The summed E-state index contributed by atoms with van der Waals surface area (Å²) >= 11 is 1.53.